The Morgan fingerprint density at radius 1 is 1.35 bits per heavy atom. The van der Waals surface area contributed by atoms with Crippen molar-refractivity contribution in [2.45, 2.75) is 6.92 Å². The Morgan fingerprint density at radius 2 is 2.10 bits per heavy atom. The molecule has 1 aromatic carbocycles. The molecule has 1 heterocycles. The van der Waals surface area contributed by atoms with Gasteiger partial charge in [-0.15, -0.1) is 0 Å². The summed E-state index contributed by atoms with van der Waals surface area (Å²) < 4.78 is 17.9. The van der Waals surface area contributed by atoms with Crippen LogP contribution in [0.4, 0.5) is 10.3 Å². The second-order valence-electron chi connectivity index (χ2n) is 3.97. The molecule has 1 aromatic heterocycles. The van der Waals surface area contributed by atoms with Crippen LogP contribution in [-0.2, 0) is 0 Å². The zero-order valence-corrected chi connectivity index (χ0v) is 11.5. The molecule has 2 rings (SSSR count). The summed E-state index contributed by atoms with van der Waals surface area (Å²) in [6.45, 7) is 1.64. The number of halogens is 2. The Bertz CT molecular complexity index is 664. The van der Waals surface area contributed by atoms with E-state index in [4.69, 9.17) is 16.3 Å². The van der Waals surface area contributed by atoms with Crippen molar-refractivity contribution in [3.05, 3.63) is 46.4 Å². The lowest BCUT2D eigenvalue weighted by Crippen LogP contribution is -2.15. The van der Waals surface area contributed by atoms with Crippen molar-refractivity contribution in [3.8, 4) is 5.88 Å². The van der Waals surface area contributed by atoms with E-state index in [0.29, 0.717) is 11.1 Å². The lowest BCUT2D eigenvalue weighted by molar-refractivity contribution is 0.102. The van der Waals surface area contributed by atoms with Gasteiger partial charge in [-0.3, -0.25) is 10.1 Å². The van der Waals surface area contributed by atoms with Gasteiger partial charge in [-0.1, -0.05) is 11.6 Å². The number of anilines is 1. The number of hydrogen-bond acceptors (Lipinski definition) is 4. The molecule has 5 nitrogen and oxygen atoms in total. The molecule has 0 saturated heterocycles. The first kappa shape index (κ1) is 14.2. The largest absolute Gasteiger partial charge is 0.481 e. The SMILES string of the molecule is COc1cc(Cl)nc(NC(=O)c2ccc(F)cc2C)n1. The maximum absolute atomic E-state index is 13.0. The van der Waals surface area contributed by atoms with Gasteiger partial charge < -0.3 is 4.74 Å². The van der Waals surface area contributed by atoms with Crippen molar-refractivity contribution in [2.24, 2.45) is 0 Å². The highest BCUT2D eigenvalue weighted by Gasteiger charge is 2.12. The Hall–Kier alpha value is -2.21. The summed E-state index contributed by atoms with van der Waals surface area (Å²) in [6, 6.07) is 5.29. The number of aryl methyl sites for hydroxylation is 1. The van der Waals surface area contributed by atoms with Gasteiger partial charge in [0.2, 0.25) is 11.8 Å². The third-order valence-corrected chi connectivity index (χ3v) is 2.73. The summed E-state index contributed by atoms with van der Waals surface area (Å²) in [5.74, 6) is -0.606. The number of rotatable bonds is 3. The zero-order chi connectivity index (χ0) is 14.7. The molecule has 0 bridgehead atoms. The first-order valence-corrected chi connectivity index (χ1v) is 6.03. The van der Waals surface area contributed by atoms with Crippen LogP contribution < -0.4 is 10.1 Å². The van der Waals surface area contributed by atoms with Crippen LogP contribution in [0.3, 0.4) is 0 Å². The van der Waals surface area contributed by atoms with E-state index in [1.54, 1.807) is 6.92 Å². The number of aromatic nitrogens is 2. The molecule has 1 N–H and O–H groups in total. The fraction of sp³-hybridized carbons (Fsp3) is 0.154. The van der Waals surface area contributed by atoms with Crippen molar-refractivity contribution >= 4 is 23.5 Å². The molecule has 0 atom stereocenters. The average molecular weight is 296 g/mol. The van der Waals surface area contributed by atoms with E-state index in [0.717, 1.165) is 0 Å². The number of carbonyl (C=O) groups excluding carboxylic acids is 1. The first-order valence-electron chi connectivity index (χ1n) is 5.65. The number of methoxy groups -OCH3 is 1. The summed E-state index contributed by atoms with van der Waals surface area (Å²) in [4.78, 5) is 19.9. The Balaban J connectivity index is 2.25. The molecule has 0 aliphatic heterocycles. The minimum absolute atomic E-state index is 0.0167. The highest BCUT2D eigenvalue weighted by molar-refractivity contribution is 6.29. The van der Waals surface area contributed by atoms with Crippen LogP contribution in [0.5, 0.6) is 5.88 Å². The predicted molar refractivity (Wildman–Crippen MR) is 72.7 cm³/mol. The van der Waals surface area contributed by atoms with Crippen molar-refractivity contribution in [1.82, 2.24) is 9.97 Å². The van der Waals surface area contributed by atoms with Crippen molar-refractivity contribution in [3.63, 3.8) is 0 Å². The van der Waals surface area contributed by atoms with Crippen molar-refractivity contribution < 1.29 is 13.9 Å². The smallest absolute Gasteiger partial charge is 0.258 e. The molecule has 20 heavy (non-hydrogen) atoms. The fourth-order valence-electron chi connectivity index (χ4n) is 1.61. The number of amides is 1. The van der Waals surface area contributed by atoms with Gasteiger partial charge in [0.15, 0.2) is 0 Å². The zero-order valence-electron chi connectivity index (χ0n) is 10.8. The lowest BCUT2D eigenvalue weighted by Gasteiger charge is -2.07. The van der Waals surface area contributed by atoms with E-state index in [1.165, 1.54) is 31.4 Å². The van der Waals surface area contributed by atoms with Gasteiger partial charge in [0.25, 0.3) is 5.91 Å². The third-order valence-electron chi connectivity index (χ3n) is 2.54. The minimum Gasteiger partial charge on any atom is -0.481 e. The highest BCUT2D eigenvalue weighted by Crippen LogP contribution is 2.17. The Kier molecular flexibility index (Phi) is 4.14. The topological polar surface area (TPSA) is 64.1 Å². The van der Waals surface area contributed by atoms with Crippen LogP contribution in [-0.4, -0.2) is 23.0 Å². The van der Waals surface area contributed by atoms with Crippen molar-refractivity contribution in [2.75, 3.05) is 12.4 Å². The molecular weight excluding hydrogens is 285 g/mol. The third kappa shape index (κ3) is 3.21. The predicted octanol–water partition coefficient (Wildman–Crippen LogP) is 2.84. The molecule has 0 aliphatic rings. The standard InChI is InChI=1S/C13H11ClFN3O2/c1-7-5-8(15)3-4-9(7)12(19)18-13-16-10(14)6-11(17-13)20-2/h3-6H,1-2H3,(H,16,17,18,19). The highest BCUT2D eigenvalue weighted by atomic mass is 35.5. The van der Waals surface area contributed by atoms with Crippen molar-refractivity contribution in [1.29, 1.82) is 0 Å². The monoisotopic (exact) mass is 295 g/mol. The van der Waals surface area contributed by atoms with Gasteiger partial charge in [0, 0.05) is 11.6 Å². The van der Waals surface area contributed by atoms with Crippen LogP contribution in [0, 0.1) is 12.7 Å². The number of carbonyl (C=O) groups is 1. The van der Waals surface area contributed by atoms with Crippen LogP contribution in [0.25, 0.3) is 0 Å². The normalized spacial score (nSPS) is 10.2. The van der Waals surface area contributed by atoms with E-state index in [-0.39, 0.29) is 17.0 Å². The van der Waals surface area contributed by atoms with E-state index in [2.05, 4.69) is 15.3 Å². The molecule has 2 aromatic rings. The van der Waals surface area contributed by atoms with Gasteiger partial charge >= 0.3 is 0 Å². The van der Waals surface area contributed by atoms with Gasteiger partial charge in [0.05, 0.1) is 7.11 Å². The quantitative estimate of drug-likeness (QED) is 0.884. The van der Waals surface area contributed by atoms with Gasteiger partial charge in [-0.05, 0) is 30.7 Å². The fourth-order valence-corrected chi connectivity index (χ4v) is 1.78. The van der Waals surface area contributed by atoms with Gasteiger partial charge in [-0.25, -0.2) is 9.37 Å². The summed E-state index contributed by atoms with van der Waals surface area (Å²) in [6.07, 6.45) is 0. The molecule has 0 unspecified atom stereocenters. The number of nitrogens with one attached hydrogen (secondary N) is 1. The Morgan fingerprint density at radius 3 is 2.75 bits per heavy atom. The number of hydrogen-bond donors (Lipinski definition) is 1. The second kappa shape index (κ2) is 5.83. The maximum atomic E-state index is 13.0. The number of benzene rings is 1. The Labute approximate surface area is 119 Å². The maximum Gasteiger partial charge on any atom is 0.258 e. The molecule has 0 fully saturated rings. The summed E-state index contributed by atoms with van der Waals surface area (Å²) in [5, 5.41) is 2.63. The molecular formula is C13H11ClFN3O2. The molecule has 104 valence electrons. The number of nitrogens with zero attached hydrogens (tertiary/aromatic N) is 2. The van der Waals surface area contributed by atoms with E-state index < -0.39 is 11.7 Å². The number of ether oxygens (including phenoxy) is 1. The van der Waals surface area contributed by atoms with Crippen LogP contribution in [0.2, 0.25) is 5.15 Å². The van der Waals surface area contributed by atoms with Crippen LogP contribution in [0.15, 0.2) is 24.3 Å². The molecule has 0 spiro atoms. The van der Waals surface area contributed by atoms with Gasteiger partial charge in [0.1, 0.15) is 11.0 Å². The van der Waals surface area contributed by atoms with E-state index in [1.807, 2.05) is 0 Å². The summed E-state index contributed by atoms with van der Waals surface area (Å²) >= 11 is 5.78. The van der Waals surface area contributed by atoms with Crippen LogP contribution in [0.1, 0.15) is 15.9 Å². The molecule has 0 saturated carbocycles. The molecule has 7 heteroatoms. The first-order chi connectivity index (χ1) is 9.49. The molecule has 0 radical (unpaired) electrons. The van der Waals surface area contributed by atoms with Crippen LogP contribution >= 0.6 is 11.6 Å². The van der Waals surface area contributed by atoms with E-state index in [9.17, 15) is 9.18 Å². The molecule has 0 aliphatic carbocycles. The summed E-state index contributed by atoms with van der Waals surface area (Å²) in [7, 11) is 1.42. The van der Waals surface area contributed by atoms with Gasteiger partial charge in [-0.2, -0.15) is 4.98 Å². The summed E-state index contributed by atoms with van der Waals surface area (Å²) in [5.41, 5.74) is 0.838. The average Bonchev–Trinajstić information content (AvgIpc) is 2.37. The minimum atomic E-state index is -0.452. The molecule has 1 amide bonds. The van der Waals surface area contributed by atoms with E-state index >= 15 is 0 Å². The second-order valence-corrected chi connectivity index (χ2v) is 4.36. The lowest BCUT2D eigenvalue weighted by atomic mass is 10.1.